The number of hydrogen-bond acceptors (Lipinski definition) is 4. The van der Waals surface area contributed by atoms with Crippen molar-refractivity contribution in [1.82, 2.24) is 0 Å². The maximum atomic E-state index is 6.01. The molecule has 1 fully saturated rings. The summed E-state index contributed by atoms with van der Waals surface area (Å²) in [5.74, 6) is 3.28. The minimum absolute atomic E-state index is 0.0529. The zero-order valence-electron chi connectivity index (χ0n) is 22.7. The molecular weight excluding hydrogens is 472 g/mol. The molecule has 0 unspecified atom stereocenters. The highest BCUT2D eigenvalue weighted by Crippen LogP contribution is 2.37. The van der Waals surface area contributed by atoms with E-state index in [4.69, 9.17) is 18.9 Å². The first-order chi connectivity index (χ1) is 18.7. The van der Waals surface area contributed by atoms with Gasteiger partial charge in [0.05, 0.1) is 0 Å². The molecule has 0 amide bonds. The molecule has 0 spiro atoms. The highest BCUT2D eigenvalue weighted by molar-refractivity contribution is 5.84. The van der Waals surface area contributed by atoms with Gasteiger partial charge in [0.2, 0.25) is 0 Å². The molecule has 0 N–H and O–H groups in total. The molecule has 4 heteroatoms. The minimum atomic E-state index is -0.0529. The van der Waals surface area contributed by atoms with Gasteiger partial charge in [-0.2, -0.15) is 0 Å². The number of aryl methyl sites for hydroxylation is 1. The lowest BCUT2D eigenvalue weighted by molar-refractivity contribution is -0.116. The van der Waals surface area contributed by atoms with E-state index in [1.54, 1.807) is 14.2 Å². The maximum absolute atomic E-state index is 6.01. The van der Waals surface area contributed by atoms with Gasteiger partial charge < -0.3 is 18.9 Å². The molecular formula is C34H40O4. The van der Waals surface area contributed by atoms with Crippen molar-refractivity contribution in [1.29, 1.82) is 0 Å². The van der Waals surface area contributed by atoms with Gasteiger partial charge in [-0.3, -0.25) is 0 Å². The monoisotopic (exact) mass is 512 g/mol. The van der Waals surface area contributed by atoms with Crippen LogP contribution in [0.3, 0.4) is 0 Å². The third-order valence-corrected chi connectivity index (χ3v) is 8.14. The minimum Gasteiger partial charge on any atom is -0.489 e. The van der Waals surface area contributed by atoms with Gasteiger partial charge in [-0.25, -0.2) is 0 Å². The summed E-state index contributed by atoms with van der Waals surface area (Å²) in [6.07, 6.45) is 10.8. The first-order valence-electron chi connectivity index (χ1n) is 14.0. The van der Waals surface area contributed by atoms with Gasteiger partial charge >= 0.3 is 0 Å². The van der Waals surface area contributed by atoms with Crippen molar-refractivity contribution in [2.24, 2.45) is 11.8 Å². The van der Waals surface area contributed by atoms with E-state index in [0.717, 1.165) is 47.3 Å². The SMILES string of the molecule is COC(CC1CCC(CCc2ccc(C3=CCOc4cc(OCc5ccccc5)ccc43)cc2)CC1)OC. The Labute approximate surface area is 227 Å². The van der Waals surface area contributed by atoms with Crippen LogP contribution in [0.2, 0.25) is 0 Å². The summed E-state index contributed by atoms with van der Waals surface area (Å²) < 4.78 is 22.8. The zero-order chi connectivity index (χ0) is 26.2. The Balaban J connectivity index is 1.13. The van der Waals surface area contributed by atoms with Crippen LogP contribution >= 0.6 is 0 Å². The maximum Gasteiger partial charge on any atom is 0.157 e. The van der Waals surface area contributed by atoms with Crippen LogP contribution in [-0.4, -0.2) is 27.1 Å². The van der Waals surface area contributed by atoms with Gasteiger partial charge in [-0.15, -0.1) is 0 Å². The number of fused-ring (bicyclic) bond motifs is 1. The third-order valence-electron chi connectivity index (χ3n) is 8.14. The lowest BCUT2D eigenvalue weighted by atomic mass is 9.78. The normalized spacial score (nSPS) is 19.0. The number of ether oxygens (including phenoxy) is 4. The first-order valence-corrected chi connectivity index (χ1v) is 14.0. The summed E-state index contributed by atoms with van der Waals surface area (Å²) in [7, 11) is 3.48. The summed E-state index contributed by atoms with van der Waals surface area (Å²) in [4.78, 5) is 0. The second-order valence-electron chi connectivity index (χ2n) is 10.6. The van der Waals surface area contributed by atoms with Crippen LogP contribution < -0.4 is 9.47 Å². The molecule has 0 saturated heterocycles. The molecule has 3 aromatic carbocycles. The van der Waals surface area contributed by atoms with Crippen LogP contribution in [0.5, 0.6) is 11.5 Å². The van der Waals surface area contributed by atoms with Crippen molar-refractivity contribution < 1.29 is 18.9 Å². The van der Waals surface area contributed by atoms with Gasteiger partial charge in [0, 0.05) is 32.3 Å². The largest absolute Gasteiger partial charge is 0.489 e. The fourth-order valence-electron chi connectivity index (χ4n) is 5.81. The van der Waals surface area contributed by atoms with E-state index in [1.807, 2.05) is 30.3 Å². The Morgan fingerprint density at radius 1 is 0.816 bits per heavy atom. The van der Waals surface area contributed by atoms with Crippen molar-refractivity contribution in [3.8, 4) is 11.5 Å². The highest BCUT2D eigenvalue weighted by Gasteiger charge is 2.24. The molecule has 0 atom stereocenters. The quantitative estimate of drug-likeness (QED) is 0.245. The van der Waals surface area contributed by atoms with Gasteiger partial charge in [0.1, 0.15) is 24.7 Å². The molecule has 3 aromatic rings. The molecule has 1 heterocycles. The van der Waals surface area contributed by atoms with Gasteiger partial charge in [-0.05, 0) is 78.0 Å². The molecule has 1 saturated carbocycles. The molecule has 4 nitrogen and oxygen atoms in total. The Morgan fingerprint density at radius 3 is 2.29 bits per heavy atom. The second-order valence-corrected chi connectivity index (χ2v) is 10.6. The van der Waals surface area contributed by atoms with E-state index in [1.165, 1.54) is 48.8 Å². The predicted molar refractivity (Wildman–Crippen MR) is 152 cm³/mol. The Kier molecular flexibility index (Phi) is 9.16. The second kappa shape index (κ2) is 13.1. The zero-order valence-corrected chi connectivity index (χ0v) is 22.7. The van der Waals surface area contributed by atoms with Crippen LogP contribution in [0.25, 0.3) is 5.57 Å². The van der Waals surface area contributed by atoms with Crippen LogP contribution in [0, 0.1) is 11.8 Å². The smallest absolute Gasteiger partial charge is 0.157 e. The van der Waals surface area contributed by atoms with Gasteiger partial charge in [0.25, 0.3) is 0 Å². The van der Waals surface area contributed by atoms with E-state index < -0.39 is 0 Å². The van der Waals surface area contributed by atoms with Crippen LogP contribution in [0.1, 0.15) is 60.8 Å². The fraction of sp³-hybridized carbons (Fsp3) is 0.412. The van der Waals surface area contributed by atoms with E-state index in [-0.39, 0.29) is 6.29 Å². The lowest BCUT2D eigenvalue weighted by Gasteiger charge is -2.30. The van der Waals surface area contributed by atoms with Crippen molar-refractivity contribution in [2.45, 2.75) is 57.8 Å². The van der Waals surface area contributed by atoms with E-state index in [0.29, 0.717) is 13.2 Å². The molecule has 1 aliphatic heterocycles. The van der Waals surface area contributed by atoms with Gasteiger partial charge in [-0.1, -0.05) is 67.4 Å². The van der Waals surface area contributed by atoms with Crippen LogP contribution in [-0.2, 0) is 22.5 Å². The Morgan fingerprint density at radius 2 is 1.55 bits per heavy atom. The molecule has 0 radical (unpaired) electrons. The first kappa shape index (κ1) is 26.5. The summed E-state index contributed by atoms with van der Waals surface area (Å²) >= 11 is 0. The van der Waals surface area contributed by atoms with Crippen molar-refractivity contribution in [3.63, 3.8) is 0 Å². The van der Waals surface area contributed by atoms with E-state index in [9.17, 15) is 0 Å². The fourth-order valence-corrected chi connectivity index (χ4v) is 5.81. The number of benzene rings is 3. The Bertz CT molecular complexity index is 1170. The number of methoxy groups -OCH3 is 2. The number of rotatable bonds is 11. The topological polar surface area (TPSA) is 36.9 Å². The molecule has 1 aliphatic carbocycles. The molecule has 0 aromatic heterocycles. The predicted octanol–water partition coefficient (Wildman–Crippen LogP) is 7.84. The standard InChI is InChI=1S/C34H40O4/c1-35-34(36-2)22-27-12-10-25(11-13-27)8-9-26-14-16-29(17-15-26)31-20-21-37-33-23-30(18-19-32(31)33)38-24-28-6-4-3-5-7-28/h3-7,14-20,23,25,27,34H,8-13,21-22,24H2,1-2H3. The lowest BCUT2D eigenvalue weighted by Crippen LogP contribution is -2.22. The molecule has 200 valence electrons. The average molecular weight is 513 g/mol. The summed E-state index contributed by atoms with van der Waals surface area (Å²) in [6, 6.07) is 25.5. The third kappa shape index (κ3) is 6.86. The highest BCUT2D eigenvalue weighted by atomic mass is 16.7. The summed E-state index contributed by atoms with van der Waals surface area (Å²) in [6.45, 7) is 1.12. The van der Waals surface area contributed by atoms with E-state index in [2.05, 4.69) is 48.5 Å². The van der Waals surface area contributed by atoms with E-state index >= 15 is 0 Å². The Hall–Kier alpha value is -3.08. The average Bonchev–Trinajstić information content (AvgIpc) is 2.98. The number of hydrogen-bond donors (Lipinski definition) is 0. The summed E-state index contributed by atoms with van der Waals surface area (Å²) in [5.41, 5.74) is 6.17. The molecule has 5 rings (SSSR count). The molecule has 2 aliphatic rings. The molecule has 38 heavy (non-hydrogen) atoms. The molecule has 0 bridgehead atoms. The van der Waals surface area contributed by atoms with Gasteiger partial charge in [0.15, 0.2) is 6.29 Å². The van der Waals surface area contributed by atoms with Crippen LogP contribution in [0.4, 0.5) is 0 Å². The van der Waals surface area contributed by atoms with Crippen molar-refractivity contribution in [3.05, 3.63) is 101 Å². The van der Waals surface area contributed by atoms with Crippen molar-refractivity contribution in [2.75, 3.05) is 20.8 Å². The van der Waals surface area contributed by atoms with Crippen molar-refractivity contribution >= 4 is 5.57 Å². The van der Waals surface area contributed by atoms with Crippen LogP contribution in [0.15, 0.2) is 78.9 Å². The summed E-state index contributed by atoms with van der Waals surface area (Å²) in [5, 5.41) is 0.